The Balaban J connectivity index is 1.84. The third-order valence-corrected chi connectivity index (χ3v) is 3.23. The fourth-order valence-electron chi connectivity index (χ4n) is 2.34. The molecule has 2 nitrogen and oxygen atoms in total. The molecule has 0 bridgehead atoms. The zero-order chi connectivity index (χ0) is 11.9. The van der Waals surface area contributed by atoms with Crippen LogP contribution in [0.3, 0.4) is 0 Å². The van der Waals surface area contributed by atoms with E-state index in [-0.39, 0.29) is 5.91 Å². The minimum Gasteiger partial charge on any atom is -0.326 e. The fourth-order valence-corrected chi connectivity index (χ4v) is 2.34. The Bertz CT molecular complexity index is 382. The van der Waals surface area contributed by atoms with Crippen LogP contribution >= 0.6 is 0 Å². The Morgan fingerprint density at radius 2 is 1.82 bits per heavy atom. The molecule has 0 unspecified atom stereocenters. The maximum Gasteiger partial charge on any atom is 0.224 e. The zero-order valence-electron chi connectivity index (χ0n) is 10.1. The van der Waals surface area contributed by atoms with Gasteiger partial charge in [-0.3, -0.25) is 4.79 Å². The lowest BCUT2D eigenvalue weighted by molar-refractivity contribution is -0.121. The Morgan fingerprint density at radius 3 is 2.65 bits per heavy atom. The lowest BCUT2D eigenvalue weighted by atomic mass is 10.0. The molecule has 0 radical (unpaired) electrons. The number of amides is 1. The van der Waals surface area contributed by atoms with E-state index in [0.717, 1.165) is 5.70 Å². The molecule has 1 saturated carbocycles. The van der Waals surface area contributed by atoms with Gasteiger partial charge in [0.1, 0.15) is 0 Å². The van der Waals surface area contributed by atoms with E-state index in [1.54, 1.807) is 0 Å². The summed E-state index contributed by atoms with van der Waals surface area (Å²) in [6, 6.07) is 0. The van der Waals surface area contributed by atoms with E-state index >= 15 is 0 Å². The first kappa shape index (κ1) is 11.9. The van der Waals surface area contributed by atoms with Gasteiger partial charge >= 0.3 is 0 Å². The van der Waals surface area contributed by atoms with Gasteiger partial charge in [-0.25, -0.2) is 0 Å². The van der Waals surface area contributed by atoms with Gasteiger partial charge in [-0.15, -0.1) is 0 Å². The summed E-state index contributed by atoms with van der Waals surface area (Å²) in [4.78, 5) is 11.8. The SMILES string of the molecule is O=C(CC1CCCC1)NC1=C/C=C\C=C/C=C1. The number of hydrogen-bond acceptors (Lipinski definition) is 1. The van der Waals surface area contributed by atoms with Gasteiger partial charge in [-0.1, -0.05) is 43.2 Å². The fraction of sp³-hybridized carbons (Fsp3) is 0.400. The number of nitrogens with one attached hydrogen (secondary N) is 1. The topological polar surface area (TPSA) is 29.1 Å². The molecule has 2 aliphatic carbocycles. The van der Waals surface area contributed by atoms with E-state index in [4.69, 9.17) is 0 Å². The van der Waals surface area contributed by atoms with Gasteiger partial charge < -0.3 is 5.32 Å². The molecule has 0 aromatic rings. The number of hydrogen-bond donors (Lipinski definition) is 1. The van der Waals surface area contributed by atoms with E-state index < -0.39 is 0 Å². The minimum atomic E-state index is 0.144. The van der Waals surface area contributed by atoms with E-state index in [9.17, 15) is 4.79 Å². The molecule has 0 spiro atoms. The molecule has 0 saturated heterocycles. The lowest BCUT2D eigenvalue weighted by Crippen LogP contribution is -2.23. The highest BCUT2D eigenvalue weighted by Gasteiger charge is 2.18. The summed E-state index contributed by atoms with van der Waals surface area (Å²) in [5.41, 5.74) is 0.869. The van der Waals surface area contributed by atoms with Crippen LogP contribution in [0, 0.1) is 5.92 Å². The van der Waals surface area contributed by atoms with Crippen molar-refractivity contribution in [3.8, 4) is 0 Å². The maximum atomic E-state index is 11.8. The van der Waals surface area contributed by atoms with Crippen LogP contribution in [0.1, 0.15) is 32.1 Å². The summed E-state index contributed by atoms with van der Waals surface area (Å²) < 4.78 is 0. The van der Waals surface area contributed by atoms with Crippen LogP contribution in [0.5, 0.6) is 0 Å². The first-order chi connectivity index (χ1) is 8.34. The van der Waals surface area contributed by atoms with Crippen LogP contribution in [0.4, 0.5) is 0 Å². The average molecular weight is 229 g/mol. The Morgan fingerprint density at radius 1 is 1.12 bits per heavy atom. The van der Waals surface area contributed by atoms with E-state index in [1.165, 1.54) is 25.7 Å². The summed E-state index contributed by atoms with van der Waals surface area (Å²) in [5, 5.41) is 2.96. The van der Waals surface area contributed by atoms with Gasteiger partial charge in [-0.2, -0.15) is 0 Å². The molecular formula is C15H19NO. The highest BCUT2D eigenvalue weighted by atomic mass is 16.1. The predicted molar refractivity (Wildman–Crippen MR) is 70.2 cm³/mol. The third kappa shape index (κ3) is 4.06. The molecular weight excluding hydrogens is 210 g/mol. The van der Waals surface area contributed by atoms with Crippen molar-refractivity contribution < 1.29 is 4.79 Å². The molecule has 2 heteroatoms. The largest absolute Gasteiger partial charge is 0.326 e. The van der Waals surface area contributed by atoms with Gasteiger partial charge in [0.2, 0.25) is 5.91 Å². The second-order valence-electron chi connectivity index (χ2n) is 4.65. The quantitative estimate of drug-likeness (QED) is 0.790. The van der Waals surface area contributed by atoms with Gasteiger partial charge in [0.05, 0.1) is 0 Å². The van der Waals surface area contributed by atoms with Crippen molar-refractivity contribution in [2.45, 2.75) is 32.1 Å². The molecule has 1 N–H and O–H groups in total. The lowest BCUT2D eigenvalue weighted by Gasteiger charge is -2.10. The average Bonchev–Trinajstić information content (AvgIpc) is 2.74. The molecule has 2 aliphatic rings. The van der Waals surface area contributed by atoms with Crippen LogP contribution in [0.25, 0.3) is 0 Å². The molecule has 0 atom stereocenters. The number of allylic oxidation sites excluding steroid dienone is 7. The van der Waals surface area contributed by atoms with Gasteiger partial charge in [-0.05, 0) is 30.9 Å². The standard InChI is InChI=1S/C15H19NO/c17-15(12-13-8-6-7-9-13)16-14-10-4-2-1-3-5-11-14/h1-5,10-11,13H,6-9,12H2,(H,16,17)/b2-1-,3-1?,4-2?,5-3-,10-4?,11-5?,14-10?,14-11?. The second kappa shape index (κ2) is 6.24. The summed E-state index contributed by atoms with van der Waals surface area (Å²) in [6.07, 6.45) is 19.3. The van der Waals surface area contributed by atoms with Crippen molar-refractivity contribution >= 4 is 5.91 Å². The normalized spacial score (nSPS) is 23.6. The van der Waals surface area contributed by atoms with Crippen molar-refractivity contribution in [3.05, 3.63) is 48.2 Å². The monoisotopic (exact) mass is 229 g/mol. The van der Waals surface area contributed by atoms with E-state index in [0.29, 0.717) is 12.3 Å². The second-order valence-corrected chi connectivity index (χ2v) is 4.65. The smallest absolute Gasteiger partial charge is 0.224 e. The summed E-state index contributed by atoms with van der Waals surface area (Å²) in [5.74, 6) is 0.745. The maximum absolute atomic E-state index is 11.8. The summed E-state index contributed by atoms with van der Waals surface area (Å²) in [7, 11) is 0. The Labute approximate surface area is 103 Å². The molecule has 17 heavy (non-hydrogen) atoms. The number of carbonyl (C=O) groups is 1. The molecule has 1 fully saturated rings. The molecule has 1 amide bonds. The van der Waals surface area contributed by atoms with Gasteiger partial charge in [0.15, 0.2) is 0 Å². The Kier molecular flexibility index (Phi) is 4.37. The summed E-state index contributed by atoms with van der Waals surface area (Å²) >= 11 is 0. The van der Waals surface area contributed by atoms with Crippen molar-refractivity contribution in [2.24, 2.45) is 5.92 Å². The van der Waals surface area contributed by atoms with Gasteiger partial charge in [0.25, 0.3) is 0 Å². The van der Waals surface area contributed by atoms with Crippen LogP contribution in [0.2, 0.25) is 0 Å². The number of carbonyl (C=O) groups excluding carboxylic acids is 1. The summed E-state index contributed by atoms with van der Waals surface area (Å²) in [6.45, 7) is 0. The molecule has 0 heterocycles. The van der Waals surface area contributed by atoms with E-state index in [1.807, 2.05) is 42.5 Å². The Hall–Kier alpha value is -1.57. The van der Waals surface area contributed by atoms with Crippen LogP contribution in [0.15, 0.2) is 48.2 Å². The van der Waals surface area contributed by atoms with Crippen LogP contribution < -0.4 is 5.32 Å². The van der Waals surface area contributed by atoms with Crippen molar-refractivity contribution in [3.63, 3.8) is 0 Å². The van der Waals surface area contributed by atoms with Gasteiger partial charge in [0, 0.05) is 12.1 Å². The minimum absolute atomic E-state index is 0.144. The first-order valence-corrected chi connectivity index (χ1v) is 6.36. The van der Waals surface area contributed by atoms with Crippen molar-refractivity contribution in [2.75, 3.05) is 0 Å². The van der Waals surface area contributed by atoms with E-state index in [2.05, 4.69) is 5.32 Å². The highest BCUT2D eigenvalue weighted by molar-refractivity contribution is 5.78. The molecule has 0 aromatic heterocycles. The molecule has 0 aliphatic heterocycles. The predicted octanol–water partition coefficient (Wildman–Crippen LogP) is 3.25. The molecule has 2 rings (SSSR count). The van der Waals surface area contributed by atoms with Crippen molar-refractivity contribution in [1.82, 2.24) is 5.32 Å². The number of rotatable bonds is 3. The highest BCUT2D eigenvalue weighted by Crippen LogP contribution is 2.27. The molecule has 0 aromatic carbocycles. The first-order valence-electron chi connectivity index (χ1n) is 6.36. The third-order valence-electron chi connectivity index (χ3n) is 3.23. The zero-order valence-corrected chi connectivity index (χ0v) is 10.1. The van der Waals surface area contributed by atoms with Crippen molar-refractivity contribution in [1.29, 1.82) is 0 Å². The van der Waals surface area contributed by atoms with Crippen LogP contribution in [-0.2, 0) is 4.79 Å². The van der Waals surface area contributed by atoms with Crippen LogP contribution in [-0.4, -0.2) is 5.91 Å². The molecule has 90 valence electrons.